The van der Waals surface area contributed by atoms with Crippen molar-refractivity contribution in [1.29, 1.82) is 0 Å². The van der Waals surface area contributed by atoms with Gasteiger partial charge in [-0.2, -0.15) is 4.98 Å². The first-order valence-electron chi connectivity index (χ1n) is 8.97. The fourth-order valence-electron chi connectivity index (χ4n) is 3.96. The molecule has 1 aromatic heterocycles. The molecule has 0 radical (unpaired) electrons. The van der Waals surface area contributed by atoms with Gasteiger partial charge in [-0.15, -0.1) is 0 Å². The maximum Gasteiger partial charge on any atom is 0.260 e. The van der Waals surface area contributed by atoms with E-state index >= 15 is 0 Å². The van der Waals surface area contributed by atoms with Crippen molar-refractivity contribution < 1.29 is 17.7 Å². The van der Waals surface area contributed by atoms with Crippen LogP contribution in [-0.2, 0) is 19.3 Å². The van der Waals surface area contributed by atoms with E-state index in [1.807, 2.05) is 24.3 Å². The van der Waals surface area contributed by atoms with Gasteiger partial charge in [0.2, 0.25) is 0 Å². The molecule has 2 heterocycles. The third-order valence-electron chi connectivity index (χ3n) is 5.44. The summed E-state index contributed by atoms with van der Waals surface area (Å²) in [5.74, 6) is 0.668. The van der Waals surface area contributed by atoms with Gasteiger partial charge in [-0.1, -0.05) is 30.1 Å². The van der Waals surface area contributed by atoms with Gasteiger partial charge in [-0.05, 0) is 25.0 Å². The van der Waals surface area contributed by atoms with Crippen molar-refractivity contribution in [2.24, 2.45) is 0 Å². The molecule has 1 aliphatic heterocycles. The topological polar surface area (TPSA) is 85.5 Å². The fourth-order valence-corrected chi connectivity index (χ4v) is 5.40. The average Bonchev–Trinajstić information content (AvgIpc) is 3.32. The second-order valence-corrected chi connectivity index (χ2v) is 9.34. The van der Waals surface area contributed by atoms with Crippen molar-refractivity contribution in [1.82, 2.24) is 10.1 Å². The Labute approximate surface area is 153 Å². The molecule has 1 saturated carbocycles. The monoisotopic (exact) mass is 377 g/mol. The van der Waals surface area contributed by atoms with E-state index < -0.39 is 14.6 Å². The second kappa shape index (κ2) is 6.66. The maximum absolute atomic E-state index is 12.5. The molecule has 0 N–H and O–H groups in total. The predicted octanol–water partition coefficient (Wildman–Crippen LogP) is 2.39. The van der Waals surface area contributed by atoms with E-state index in [1.54, 1.807) is 0 Å². The Morgan fingerprint density at radius 2 is 1.81 bits per heavy atom. The highest BCUT2D eigenvalue weighted by molar-refractivity contribution is 7.91. The first-order valence-corrected chi connectivity index (χ1v) is 10.9. The Balaban J connectivity index is 1.73. The van der Waals surface area contributed by atoms with Crippen LogP contribution in [0.3, 0.4) is 0 Å². The van der Waals surface area contributed by atoms with E-state index in [1.165, 1.54) is 6.26 Å². The number of para-hydroxylation sites is 1. The number of aromatic nitrogens is 2. The lowest BCUT2D eigenvalue weighted by atomic mass is 10.1. The summed E-state index contributed by atoms with van der Waals surface area (Å²) in [6.45, 7) is 2.96. The minimum absolute atomic E-state index is 0.296. The number of anilines is 1. The first-order chi connectivity index (χ1) is 12.5. The van der Waals surface area contributed by atoms with Gasteiger partial charge in [0.05, 0.1) is 18.8 Å². The molecule has 1 aliphatic carbocycles. The number of nitrogens with zero attached hydrogens (tertiary/aromatic N) is 3. The normalized spacial score (nSPS) is 20.4. The zero-order valence-electron chi connectivity index (χ0n) is 14.8. The van der Waals surface area contributed by atoms with Crippen molar-refractivity contribution >= 4 is 15.5 Å². The Kier molecular flexibility index (Phi) is 4.48. The molecule has 140 valence electrons. The van der Waals surface area contributed by atoms with Gasteiger partial charge >= 0.3 is 0 Å². The molecule has 2 fully saturated rings. The van der Waals surface area contributed by atoms with E-state index in [-0.39, 0.29) is 0 Å². The van der Waals surface area contributed by atoms with Crippen LogP contribution < -0.4 is 4.90 Å². The van der Waals surface area contributed by atoms with Crippen LogP contribution in [0, 0.1) is 0 Å². The summed E-state index contributed by atoms with van der Waals surface area (Å²) < 4.78 is 34.9. The average molecular weight is 377 g/mol. The lowest BCUT2D eigenvalue weighted by Crippen LogP contribution is -2.36. The van der Waals surface area contributed by atoms with Crippen LogP contribution in [0.4, 0.5) is 5.69 Å². The zero-order valence-corrected chi connectivity index (χ0v) is 15.7. The zero-order chi connectivity index (χ0) is 18.2. The molecule has 0 spiro atoms. The van der Waals surface area contributed by atoms with Crippen molar-refractivity contribution in [2.75, 3.05) is 37.5 Å². The van der Waals surface area contributed by atoms with Crippen LogP contribution in [0.15, 0.2) is 28.8 Å². The largest absolute Gasteiger partial charge is 0.378 e. The number of sulfone groups is 1. The van der Waals surface area contributed by atoms with Gasteiger partial charge in [-0.3, -0.25) is 0 Å². The third kappa shape index (κ3) is 2.91. The van der Waals surface area contributed by atoms with E-state index in [4.69, 9.17) is 9.26 Å². The Bertz CT molecular complexity index is 881. The molecular formula is C18H23N3O4S. The Morgan fingerprint density at radius 3 is 2.50 bits per heavy atom. The van der Waals surface area contributed by atoms with E-state index in [2.05, 4.69) is 15.0 Å². The number of rotatable bonds is 4. The van der Waals surface area contributed by atoms with E-state index in [0.29, 0.717) is 37.8 Å². The molecule has 8 heteroatoms. The number of hydrogen-bond donors (Lipinski definition) is 0. The maximum atomic E-state index is 12.5. The highest BCUT2D eigenvalue weighted by Crippen LogP contribution is 2.44. The summed E-state index contributed by atoms with van der Waals surface area (Å²) >= 11 is 0. The molecule has 0 atom stereocenters. The first kappa shape index (κ1) is 17.5. The number of hydrogen-bond acceptors (Lipinski definition) is 7. The van der Waals surface area contributed by atoms with Crippen LogP contribution in [0.2, 0.25) is 0 Å². The van der Waals surface area contributed by atoms with Gasteiger partial charge < -0.3 is 14.2 Å². The van der Waals surface area contributed by atoms with Gasteiger partial charge in [0, 0.05) is 25.0 Å². The van der Waals surface area contributed by atoms with Crippen LogP contribution >= 0.6 is 0 Å². The quantitative estimate of drug-likeness (QED) is 0.808. The molecule has 4 rings (SSSR count). The Morgan fingerprint density at radius 1 is 1.12 bits per heavy atom. The molecule has 0 bridgehead atoms. The SMILES string of the molecule is CS(=O)(=O)C1(c2noc(-c3ccccc3N3CCOCC3)n2)CCCC1. The van der Waals surface area contributed by atoms with Gasteiger partial charge in [0.1, 0.15) is 4.75 Å². The highest BCUT2D eigenvalue weighted by atomic mass is 32.2. The number of morpholine rings is 1. The molecule has 0 unspecified atom stereocenters. The molecule has 26 heavy (non-hydrogen) atoms. The predicted molar refractivity (Wildman–Crippen MR) is 97.8 cm³/mol. The molecule has 7 nitrogen and oxygen atoms in total. The van der Waals surface area contributed by atoms with Crippen molar-refractivity contribution in [3.8, 4) is 11.5 Å². The van der Waals surface area contributed by atoms with Crippen molar-refractivity contribution in [3.63, 3.8) is 0 Å². The van der Waals surface area contributed by atoms with Gasteiger partial charge in [0.15, 0.2) is 15.7 Å². The molecular weight excluding hydrogens is 354 g/mol. The molecule has 2 aromatic rings. The van der Waals surface area contributed by atoms with Gasteiger partial charge in [0.25, 0.3) is 5.89 Å². The van der Waals surface area contributed by atoms with Crippen LogP contribution in [0.25, 0.3) is 11.5 Å². The lowest BCUT2D eigenvalue weighted by molar-refractivity contribution is 0.122. The fraction of sp³-hybridized carbons (Fsp3) is 0.556. The minimum atomic E-state index is -3.33. The molecule has 1 saturated heterocycles. The number of ether oxygens (including phenoxy) is 1. The third-order valence-corrected chi connectivity index (χ3v) is 7.45. The molecule has 1 aromatic carbocycles. The smallest absolute Gasteiger partial charge is 0.260 e. The summed E-state index contributed by atoms with van der Waals surface area (Å²) in [5.41, 5.74) is 1.83. The second-order valence-electron chi connectivity index (χ2n) is 7.01. The van der Waals surface area contributed by atoms with Crippen molar-refractivity contribution in [2.45, 2.75) is 30.4 Å². The van der Waals surface area contributed by atoms with Crippen LogP contribution in [-0.4, -0.2) is 51.1 Å². The molecule has 2 aliphatic rings. The summed E-state index contributed by atoms with van der Waals surface area (Å²) in [6.07, 6.45) is 4.10. The van der Waals surface area contributed by atoms with E-state index in [9.17, 15) is 8.42 Å². The van der Waals surface area contributed by atoms with Crippen molar-refractivity contribution in [3.05, 3.63) is 30.1 Å². The highest BCUT2D eigenvalue weighted by Gasteiger charge is 2.48. The standard InChI is InChI=1S/C18H23N3O4S/c1-26(22,23)18(8-4-5-9-18)17-19-16(25-20-17)14-6-2-3-7-15(14)21-10-12-24-13-11-21/h2-3,6-7H,4-5,8-13H2,1H3. The van der Waals surface area contributed by atoms with E-state index in [0.717, 1.165) is 37.2 Å². The summed E-state index contributed by atoms with van der Waals surface area (Å²) in [5, 5.41) is 4.09. The van der Waals surface area contributed by atoms with Gasteiger partial charge in [-0.25, -0.2) is 8.42 Å². The lowest BCUT2D eigenvalue weighted by Gasteiger charge is -2.29. The summed E-state index contributed by atoms with van der Waals surface area (Å²) in [4.78, 5) is 6.77. The summed E-state index contributed by atoms with van der Waals surface area (Å²) in [6, 6.07) is 7.85. The number of benzene rings is 1. The Hall–Kier alpha value is -1.93. The summed E-state index contributed by atoms with van der Waals surface area (Å²) in [7, 11) is -3.33. The molecule has 0 amide bonds. The minimum Gasteiger partial charge on any atom is -0.378 e. The van der Waals surface area contributed by atoms with Crippen LogP contribution in [0.1, 0.15) is 31.5 Å². The van der Waals surface area contributed by atoms with Crippen LogP contribution in [0.5, 0.6) is 0 Å².